The van der Waals surface area contributed by atoms with E-state index >= 15 is 0 Å². The van der Waals surface area contributed by atoms with Crippen molar-refractivity contribution >= 4 is 34.8 Å². The maximum Gasteiger partial charge on any atom is 0.416 e. The van der Waals surface area contributed by atoms with Gasteiger partial charge < -0.3 is 10.1 Å². The molecule has 0 saturated carbocycles. The molecule has 0 atom stereocenters. The Morgan fingerprint density at radius 1 is 1.07 bits per heavy atom. The van der Waals surface area contributed by atoms with Crippen molar-refractivity contribution in [3.63, 3.8) is 0 Å². The summed E-state index contributed by atoms with van der Waals surface area (Å²) in [7, 11) is 0. The number of hydrogen-bond donors (Lipinski definition) is 1. The van der Waals surface area contributed by atoms with E-state index in [0.29, 0.717) is 11.8 Å². The van der Waals surface area contributed by atoms with Gasteiger partial charge in [0.15, 0.2) is 0 Å². The Labute approximate surface area is 167 Å². The first-order valence-corrected chi connectivity index (χ1v) is 8.41. The third-order valence-electron chi connectivity index (χ3n) is 3.45. The van der Waals surface area contributed by atoms with Gasteiger partial charge in [-0.2, -0.15) is 13.2 Å². The van der Waals surface area contributed by atoms with Crippen LogP contribution in [0.15, 0.2) is 54.9 Å². The van der Waals surface area contributed by atoms with Crippen LogP contribution in [0, 0.1) is 0 Å². The largest absolute Gasteiger partial charge is 0.439 e. The van der Waals surface area contributed by atoms with Crippen molar-refractivity contribution in [2.45, 2.75) is 6.18 Å². The molecule has 144 valence electrons. The molecule has 3 aromatic rings. The molecular formula is C18H10Cl2F3N3O2. The van der Waals surface area contributed by atoms with Crippen molar-refractivity contribution in [3.05, 3.63) is 76.2 Å². The Bertz CT molecular complexity index is 1010. The zero-order valence-electron chi connectivity index (χ0n) is 13.8. The van der Waals surface area contributed by atoms with Gasteiger partial charge in [-0.05, 0) is 36.4 Å². The summed E-state index contributed by atoms with van der Waals surface area (Å²) in [5.41, 5.74) is -0.348. The second-order valence-corrected chi connectivity index (χ2v) is 6.25. The summed E-state index contributed by atoms with van der Waals surface area (Å²) < 4.78 is 43.8. The molecule has 2 heterocycles. The van der Waals surface area contributed by atoms with E-state index < -0.39 is 17.6 Å². The molecular weight excluding hydrogens is 418 g/mol. The molecule has 1 amide bonds. The van der Waals surface area contributed by atoms with E-state index in [2.05, 4.69) is 15.3 Å². The number of amides is 1. The Hall–Kier alpha value is -2.84. The molecule has 0 aliphatic heterocycles. The second kappa shape index (κ2) is 8.04. The van der Waals surface area contributed by atoms with Crippen LogP contribution in [0.3, 0.4) is 0 Å². The number of carbonyl (C=O) groups is 1. The van der Waals surface area contributed by atoms with Crippen molar-refractivity contribution in [1.29, 1.82) is 0 Å². The number of pyridine rings is 2. The number of aromatic nitrogens is 2. The molecule has 0 aliphatic carbocycles. The SMILES string of the molecule is O=C(Nc1ccc(Oc2cc(C(F)(F)F)cc(Cl)n2)cc1)c1cnccc1Cl. The average molecular weight is 428 g/mol. The lowest BCUT2D eigenvalue weighted by Crippen LogP contribution is -2.12. The molecule has 1 aromatic carbocycles. The summed E-state index contributed by atoms with van der Waals surface area (Å²) in [6.07, 6.45) is -1.79. The highest BCUT2D eigenvalue weighted by atomic mass is 35.5. The number of hydrogen-bond acceptors (Lipinski definition) is 4. The summed E-state index contributed by atoms with van der Waals surface area (Å²) >= 11 is 11.6. The normalized spacial score (nSPS) is 11.2. The van der Waals surface area contributed by atoms with Gasteiger partial charge in [0.2, 0.25) is 5.88 Å². The van der Waals surface area contributed by atoms with E-state index in [0.717, 1.165) is 6.07 Å². The van der Waals surface area contributed by atoms with Gasteiger partial charge in [0.25, 0.3) is 5.91 Å². The van der Waals surface area contributed by atoms with Crippen LogP contribution in [0.2, 0.25) is 10.2 Å². The van der Waals surface area contributed by atoms with Crippen LogP contribution in [0.5, 0.6) is 11.6 Å². The first-order chi connectivity index (χ1) is 13.2. The van der Waals surface area contributed by atoms with E-state index in [9.17, 15) is 18.0 Å². The number of carbonyl (C=O) groups excluding carboxylic acids is 1. The van der Waals surface area contributed by atoms with Crippen LogP contribution >= 0.6 is 23.2 Å². The van der Waals surface area contributed by atoms with Crippen LogP contribution in [0.4, 0.5) is 18.9 Å². The predicted molar refractivity (Wildman–Crippen MR) is 98.0 cm³/mol. The first-order valence-electron chi connectivity index (χ1n) is 7.66. The third-order valence-corrected chi connectivity index (χ3v) is 3.97. The van der Waals surface area contributed by atoms with Crippen LogP contribution in [-0.4, -0.2) is 15.9 Å². The highest BCUT2D eigenvalue weighted by Crippen LogP contribution is 2.33. The highest BCUT2D eigenvalue weighted by Gasteiger charge is 2.31. The lowest BCUT2D eigenvalue weighted by atomic mass is 10.2. The zero-order valence-corrected chi connectivity index (χ0v) is 15.3. The number of nitrogens with zero attached hydrogens (tertiary/aromatic N) is 2. The molecule has 0 radical (unpaired) electrons. The molecule has 5 nitrogen and oxygen atoms in total. The summed E-state index contributed by atoms with van der Waals surface area (Å²) in [4.78, 5) is 19.7. The van der Waals surface area contributed by atoms with Crippen molar-refractivity contribution < 1.29 is 22.7 Å². The highest BCUT2D eigenvalue weighted by molar-refractivity contribution is 6.34. The number of ether oxygens (including phenoxy) is 1. The van der Waals surface area contributed by atoms with Gasteiger partial charge >= 0.3 is 6.18 Å². The van der Waals surface area contributed by atoms with Gasteiger partial charge in [-0.15, -0.1) is 0 Å². The predicted octanol–water partition coefficient (Wildman–Crippen LogP) is 5.85. The van der Waals surface area contributed by atoms with Crippen molar-refractivity contribution in [3.8, 4) is 11.6 Å². The summed E-state index contributed by atoms with van der Waals surface area (Å²) in [5, 5.41) is 2.53. The Morgan fingerprint density at radius 3 is 2.43 bits per heavy atom. The molecule has 2 aromatic heterocycles. The average Bonchev–Trinajstić information content (AvgIpc) is 2.62. The van der Waals surface area contributed by atoms with E-state index in [-0.39, 0.29) is 27.4 Å². The van der Waals surface area contributed by atoms with Crippen molar-refractivity contribution in [2.24, 2.45) is 0 Å². The molecule has 3 rings (SSSR count). The van der Waals surface area contributed by atoms with Crippen LogP contribution < -0.4 is 10.1 Å². The van der Waals surface area contributed by atoms with E-state index in [4.69, 9.17) is 27.9 Å². The standard InChI is InChI=1S/C18H10Cl2F3N3O2/c19-14-5-6-24-9-13(14)17(27)25-11-1-3-12(4-2-11)28-16-8-10(18(21,22)23)7-15(20)26-16/h1-9H,(H,25,27). The maximum atomic E-state index is 12.8. The van der Waals surface area contributed by atoms with Gasteiger partial charge in [0.1, 0.15) is 10.9 Å². The van der Waals surface area contributed by atoms with Crippen molar-refractivity contribution in [1.82, 2.24) is 9.97 Å². The molecule has 0 fully saturated rings. The monoisotopic (exact) mass is 427 g/mol. The Balaban J connectivity index is 1.72. The molecule has 1 N–H and O–H groups in total. The lowest BCUT2D eigenvalue weighted by Gasteiger charge is -2.11. The molecule has 0 saturated heterocycles. The number of halogens is 5. The minimum atomic E-state index is -4.58. The first kappa shape index (κ1) is 19.9. The molecule has 0 bridgehead atoms. The number of nitrogens with one attached hydrogen (secondary N) is 1. The van der Waals surface area contributed by atoms with E-state index in [1.165, 1.54) is 42.7 Å². The molecule has 0 spiro atoms. The van der Waals surface area contributed by atoms with E-state index in [1.54, 1.807) is 0 Å². The molecule has 28 heavy (non-hydrogen) atoms. The number of alkyl halides is 3. The number of rotatable bonds is 4. The number of benzene rings is 1. The van der Waals surface area contributed by atoms with Crippen LogP contribution in [0.1, 0.15) is 15.9 Å². The zero-order chi connectivity index (χ0) is 20.3. The van der Waals surface area contributed by atoms with Gasteiger partial charge in [0, 0.05) is 24.1 Å². The fourth-order valence-corrected chi connectivity index (χ4v) is 2.55. The summed E-state index contributed by atoms with van der Waals surface area (Å²) in [6, 6.07) is 8.86. The molecule has 0 aliphatic rings. The third kappa shape index (κ3) is 4.90. The van der Waals surface area contributed by atoms with Crippen LogP contribution in [-0.2, 0) is 6.18 Å². The van der Waals surface area contributed by atoms with Crippen LogP contribution in [0.25, 0.3) is 0 Å². The minimum absolute atomic E-state index is 0.201. The fourth-order valence-electron chi connectivity index (χ4n) is 2.16. The quantitative estimate of drug-likeness (QED) is 0.530. The summed E-state index contributed by atoms with van der Waals surface area (Å²) in [5.74, 6) is -0.558. The van der Waals surface area contributed by atoms with Gasteiger partial charge in [0.05, 0.1) is 16.1 Å². The van der Waals surface area contributed by atoms with Gasteiger partial charge in [-0.3, -0.25) is 9.78 Å². The van der Waals surface area contributed by atoms with E-state index in [1.807, 2.05) is 0 Å². The Kier molecular flexibility index (Phi) is 5.71. The fraction of sp³-hybridized carbons (Fsp3) is 0.0556. The number of anilines is 1. The lowest BCUT2D eigenvalue weighted by molar-refractivity contribution is -0.137. The minimum Gasteiger partial charge on any atom is -0.439 e. The maximum absolute atomic E-state index is 12.8. The molecule has 10 heteroatoms. The van der Waals surface area contributed by atoms with Crippen molar-refractivity contribution in [2.75, 3.05) is 5.32 Å². The molecule has 0 unspecified atom stereocenters. The van der Waals surface area contributed by atoms with Gasteiger partial charge in [-0.25, -0.2) is 4.98 Å². The van der Waals surface area contributed by atoms with Gasteiger partial charge in [-0.1, -0.05) is 23.2 Å². The Morgan fingerprint density at radius 2 is 1.79 bits per heavy atom. The smallest absolute Gasteiger partial charge is 0.416 e. The second-order valence-electron chi connectivity index (χ2n) is 5.45. The topological polar surface area (TPSA) is 64.1 Å². The summed E-state index contributed by atoms with van der Waals surface area (Å²) in [6.45, 7) is 0.